The van der Waals surface area contributed by atoms with Crippen LogP contribution >= 0.6 is 11.6 Å². The molecule has 90 valence electrons. The Hall–Kier alpha value is -1.53. The van der Waals surface area contributed by atoms with Crippen LogP contribution in [0.3, 0.4) is 0 Å². The van der Waals surface area contributed by atoms with Gasteiger partial charge in [0.1, 0.15) is 0 Å². The second-order valence-corrected chi connectivity index (χ2v) is 5.41. The van der Waals surface area contributed by atoms with Gasteiger partial charge in [-0.05, 0) is 39.8 Å². The summed E-state index contributed by atoms with van der Waals surface area (Å²) in [6.45, 7) is 4.45. The monoisotopic (exact) mass is 254 g/mol. The zero-order valence-electron chi connectivity index (χ0n) is 10.6. The maximum absolute atomic E-state index is 6.41. The Balaban J connectivity index is 2.60. The van der Waals surface area contributed by atoms with E-state index in [2.05, 4.69) is 50.2 Å². The van der Waals surface area contributed by atoms with Gasteiger partial charge in [-0.2, -0.15) is 0 Å². The highest BCUT2D eigenvalue weighted by molar-refractivity contribution is 6.36. The van der Waals surface area contributed by atoms with Crippen molar-refractivity contribution < 1.29 is 0 Å². The third-order valence-electron chi connectivity index (χ3n) is 3.45. The molecule has 0 heterocycles. The van der Waals surface area contributed by atoms with E-state index in [0.29, 0.717) is 5.92 Å². The first-order chi connectivity index (χ1) is 8.68. The van der Waals surface area contributed by atoms with Gasteiger partial charge in [0.15, 0.2) is 0 Å². The van der Waals surface area contributed by atoms with Crippen molar-refractivity contribution in [2.24, 2.45) is 0 Å². The highest BCUT2D eigenvalue weighted by Gasteiger charge is 2.12. The molecule has 0 amide bonds. The van der Waals surface area contributed by atoms with E-state index < -0.39 is 0 Å². The van der Waals surface area contributed by atoms with Crippen LogP contribution in [0, 0.1) is 0 Å². The molecule has 3 aromatic rings. The summed E-state index contributed by atoms with van der Waals surface area (Å²) in [5.41, 5.74) is 1.36. The lowest BCUT2D eigenvalue weighted by molar-refractivity contribution is 0.885. The Bertz CT molecular complexity index is 726. The molecule has 3 aromatic carbocycles. The molecule has 0 spiro atoms. The van der Waals surface area contributed by atoms with Crippen LogP contribution in [0.1, 0.15) is 25.3 Å². The molecule has 0 saturated heterocycles. The lowest BCUT2D eigenvalue weighted by Crippen LogP contribution is -1.93. The largest absolute Gasteiger partial charge is 0.0837 e. The van der Waals surface area contributed by atoms with Gasteiger partial charge >= 0.3 is 0 Å². The Kier molecular flexibility index (Phi) is 2.76. The molecule has 0 unspecified atom stereocenters. The van der Waals surface area contributed by atoms with Gasteiger partial charge in [0.25, 0.3) is 0 Å². The maximum atomic E-state index is 6.41. The summed E-state index contributed by atoms with van der Waals surface area (Å²) in [5.74, 6) is 0.457. The van der Waals surface area contributed by atoms with Crippen LogP contribution in [0.15, 0.2) is 48.5 Å². The van der Waals surface area contributed by atoms with Crippen LogP contribution < -0.4 is 0 Å². The molecule has 0 N–H and O–H groups in total. The predicted octanol–water partition coefficient (Wildman–Crippen LogP) is 5.77. The molecule has 0 aromatic heterocycles. The van der Waals surface area contributed by atoms with Crippen LogP contribution in [0.2, 0.25) is 5.02 Å². The van der Waals surface area contributed by atoms with Gasteiger partial charge in [-0.15, -0.1) is 0 Å². The van der Waals surface area contributed by atoms with Crippen molar-refractivity contribution in [3.8, 4) is 0 Å². The molecule has 0 aliphatic rings. The molecule has 0 nitrogen and oxygen atoms in total. The summed E-state index contributed by atoms with van der Waals surface area (Å²) in [5, 5.41) is 5.88. The average molecular weight is 255 g/mol. The second kappa shape index (κ2) is 4.29. The smallest absolute Gasteiger partial charge is 0.0487 e. The minimum absolute atomic E-state index is 0.457. The summed E-state index contributed by atoms with van der Waals surface area (Å²) >= 11 is 6.41. The molecule has 0 atom stereocenters. The molecule has 0 saturated carbocycles. The zero-order chi connectivity index (χ0) is 12.7. The lowest BCUT2D eigenvalue weighted by Gasteiger charge is -2.15. The van der Waals surface area contributed by atoms with Crippen LogP contribution in [-0.4, -0.2) is 0 Å². The first-order valence-electron chi connectivity index (χ1n) is 6.28. The fraction of sp³-hybridized carbons (Fsp3) is 0.176. The van der Waals surface area contributed by atoms with Crippen molar-refractivity contribution in [1.29, 1.82) is 0 Å². The number of hydrogen-bond donors (Lipinski definition) is 0. The van der Waals surface area contributed by atoms with E-state index in [1.165, 1.54) is 27.1 Å². The molecule has 3 rings (SSSR count). The van der Waals surface area contributed by atoms with E-state index in [1.54, 1.807) is 0 Å². The molecule has 0 fully saturated rings. The third kappa shape index (κ3) is 1.69. The van der Waals surface area contributed by atoms with Gasteiger partial charge in [-0.3, -0.25) is 0 Å². The number of halogens is 1. The van der Waals surface area contributed by atoms with Crippen molar-refractivity contribution in [3.63, 3.8) is 0 Å². The number of fused-ring (bicyclic) bond motifs is 2. The van der Waals surface area contributed by atoms with E-state index in [1.807, 2.05) is 12.1 Å². The molecular formula is C17H15Cl. The fourth-order valence-electron chi connectivity index (χ4n) is 2.72. The van der Waals surface area contributed by atoms with Crippen LogP contribution in [0.5, 0.6) is 0 Å². The highest BCUT2D eigenvalue weighted by Crippen LogP contribution is 2.37. The Labute approximate surface area is 112 Å². The molecule has 0 radical (unpaired) electrons. The SMILES string of the molecule is CC(C)c1c2ccccc2cc2cccc(Cl)c12. The molecule has 0 bridgehead atoms. The predicted molar refractivity (Wildman–Crippen MR) is 80.6 cm³/mol. The molecule has 1 heteroatoms. The van der Waals surface area contributed by atoms with Crippen molar-refractivity contribution >= 4 is 33.1 Å². The van der Waals surface area contributed by atoms with Gasteiger partial charge in [0.05, 0.1) is 0 Å². The minimum atomic E-state index is 0.457. The maximum Gasteiger partial charge on any atom is 0.0487 e. The fourth-order valence-corrected chi connectivity index (χ4v) is 3.00. The summed E-state index contributed by atoms with van der Waals surface area (Å²) in [7, 11) is 0. The number of rotatable bonds is 1. The van der Waals surface area contributed by atoms with Crippen molar-refractivity contribution in [2.75, 3.05) is 0 Å². The second-order valence-electron chi connectivity index (χ2n) is 5.00. The molecule has 0 aliphatic heterocycles. The van der Waals surface area contributed by atoms with Gasteiger partial charge in [0, 0.05) is 10.4 Å². The standard InChI is InChI=1S/C17H15Cl/c1-11(2)16-14-8-4-3-6-12(14)10-13-7-5-9-15(18)17(13)16/h3-11H,1-2H3. The number of benzene rings is 3. The third-order valence-corrected chi connectivity index (χ3v) is 3.77. The molecule has 18 heavy (non-hydrogen) atoms. The Morgan fingerprint density at radius 2 is 1.61 bits per heavy atom. The van der Waals surface area contributed by atoms with Crippen molar-refractivity contribution in [1.82, 2.24) is 0 Å². The van der Waals surface area contributed by atoms with Gasteiger partial charge < -0.3 is 0 Å². The molecular weight excluding hydrogens is 240 g/mol. The van der Waals surface area contributed by atoms with E-state index in [0.717, 1.165) is 5.02 Å². The van der Waals surface area contributed by atoms with Crippen LogP contribution in [0.25, 0.3) is 21.5 Å². The average Bonchev–Trinajstić information content (AvgIpc) is 2.36. The van der Waals surface area contributed by atoms with Crippen molar-refractivity contribution in [3.05, 3.63) is 59.1 Å². The quantitative estimate of drug-likeness (QED) is 0.484. The Morgan fingerprint density at radius 1 is 0.889 bits per heavy atom. The first-order valence-corrected chi connectivity index (χ1v) is 6.66. The summed E-state index contributed by atoms with van der Waals surface area (Å²) in [6.07, 6.45) is 0. The van der Waals surface area contributed by atoms with E-state index >= 15 is 0 Å². The van der Waals surface area contributed by atoms with E-state index in [9.17, 15) is 0 Å². The summed E-state index contributed by atoms with van der Waals surface area (Å²) in [6, 6.07) is 16.9. The minimum Gasteiger partial charge on any atom is -0.0837 e. The number of hydrogen-bond acceptors (Lipinski definition) is 0. The van der Waals surface area contributed by atoms with Crippen LogP contribution in [-0.2, 0) is 0 Å². The summed E-state index contributed by atoms with van der Waals surface area (Å²) < 4.78 is 0. The topological polar surface area (TPSA) is 0 Å². The highest BCUT2D eigenvalue weighted by atomic mass is 35.5. The summed E-state index contributed by atoms with van der Waals surface area (Å²) in [4.78, 5) is 0. The van der Waals surface area contributed by atoms with Gasteiger partial charge in [-0.25, -0.2) is 0 Å². The van der Waals surface area contributed by atoms with E-state index in [-0.39, 0.29) is 0 Å². The zero-order valence-corrected chi connectivity index (χ0v) is 11.3. The normalized spacial score (nSPS) is 11.6. The van der Waals surface area contributed by atoms with Crippen molar-refractivity contribution in [2.45, 2.75) is 19.8 Å². The van der Waals surface area contributed by atoms with E-state index in [4.69, 9.17) is 11.6 Å². The van der Waals surface area contributed by atoms with Gasteiger partial charge in [0.2, 0.25) is 0 Å². The van der Waals surface area contributed by atoms with Crippen LogP contribution in [0.4, 0.5) is 0 Å². The first kappa shape index (κ1) is 11.6. The van der Waals surface area contributed by atoms with Gasteiger partial charge in [-0.1, -0.05) is 61.8 Å². The molecule has 0 aliphatic carbocycles. The lowest BCUT2D eigenvalue weighted by atomic mass is 9.90. The Morgan fingerprint density at radius 3 is 2.39 bits per heavy atom.